The largest absolute Gasteiger partial charge is 0.463 e. The molecule has 1 saturated heterocycles. The summed E-state index contributed by atoms with van der Waals surface area (Å²) in [6, 6.07) is 13.9. The van der Waals surface area contributed by atoms with Gasteiger partial charge in [-0.3, -0.25) is 4.79 Å². The molecule has 7 nitrogen and oxygen atoms in total. The van der Waals surface area contributed by atoms with Crippen LogP contribution in [0.4, 0.5) is 5.95 Å². The van der Waals surface area contributed by atoms with Gasteiger partial charge in [0.25, 0.3) is 5.91 Å². The van der Waals surface area contributed by atoms with Crippen LogP contribution in [-0.4, -0.2) is 51.5 Å². The molecule has 0 spiro atoms. The van der Waals surface area contributed by atoms with Crippen LogP contribution in [0.1, 0.15) is 21.6 Å². The SMILES string of the molecule is Cc1ccccc1Cn1c(C(=O)N2CCN(c3ncccn3)CC2)cc2occc21. The molecule has 1 amide bonds. The molecule has 3 aromatic heterocycles. The predicted octanol–water partition coefficient (Wildman–Crippen LogP) is 3.34. The van der Waals surface area contributed by atoms with E-state index in [0.717, 1.165) is 11.1 Å². The lowest BCUT2D eigenvalue weighted by Crippen LogP contribution is -2.49. The van der Waals surface area contributed by atoms with Crippen LogP contribution in [0, 0.1) is 6.92 Å². The molecule has 1 aliphatic heterocycles. The van der Waals surface area contributed by atoms with Gasteiger partial charge in [0.2, 0.25) is 5.95 Å². The Hall–Kier alpha value is -3.61. The van der Waals surface area contributed by atoms with Gasteiger partial charge in [0.15, 0.2) is 5.58 Å². The lowest BCUT2D eigenvalue weighted by atomic mass is 10.1. The highest BCUT2D eigenvalue weighted by Crippen LogP contribution is 2.25. The van der Waals surface area contributed by atoms with Crippen LogP contribution in [0.3, 0.4) is 0 Å². The third-order valence-electron chi connectivity index (χ3n) is 5.73. The minimum Gasteiger partial charge on any atom is -0.463 e. The Bertz CT molecular complexity index is 1170. The van der Waals surface area contributed by atoms with Gasteiger partial charge in [-0.05, 0) is 24.1 Å². The number of carbonyl (C=O) groups is 1. The number of carbonyl (C=O) groups excluding carboxylic acids is 1. The Morgan fingerprint density at radius 1 is 1.03 bits per heavy atom. The Morgan fingerprint density at radius 3 is 2.57 bits per heavy atom. The van der Waals surface area contributed by atoms with E-state index in [-0.39, 0.29) is 5.91 Å². The molecule has 0 radical (unpaired) electrons. The highest BCUT2D eigenvalue weighted by Gasteiger charge is 2.27. The van der Waals surface area contributed by atoms with Crippen LogP contribution in [0.5, 0.6) is 0 Å². The normalized spacial score (nSPS) is 14.4. The quantitative estimate of drug-likeness (QED) is 0.525. The first kappa shape index (κ1) is 18.4. The van der Waals surface area contributed by atoms with Crippen molar-refractivity contribution in [2.45, 2.75) is 13.5 Å². The number of aryl methyl sites for hydroxylation is 1. The number of hydrogen-bond donors (Lipinski definition) is 0. The Kier molecular flexibility index (Phi) is 4.71. The Balaban J connectivity index is 1.39. The van der Waals surface area contributed by atoms with Crippen LogP contribution < -0.4 is 4.90 Å². The van der Waals surface area contributed by atoms with Crippen molar-refractivity contribution in [3.05, 3.63) is 77.9 Å². The smallest absolute Gasteiger partial charge is 0.270 e. The molecule has 4 heterocycles. The van der Waals surface area contributed by atoms with Crippen molar-refractivity contribution in [1.29, 1.82) is 0 Å². The van der Waals surface area contributed by atoms with Crippen LogP contribution in [0.2, 0.25) is 0 Å². The summed E-state index contributed by atoms with van der Waals surface area (Å²) in [7, 11) is 0. The Morgan fingerprint density at radius 2 is 1.80 bits per heavy atom. The molecule has 1 aliphatic rings. The predicted molar refractivity (Wildman–Crippen MR) is 115 cm³/mol. The van der Waals surface area contributed by atoms with Gasteiger partial charge in [-0.1, -0.05) is 24.3 Å². The second-order valence-corrected chi connectivity index (χ2v) is 7.54. The van der Waals surface area contributed by atoms with Crippen molar-refractivity contribution >= 4 is 23.0 Å². The molecule has 4 aromatic rings. The fraction of sp³-hybridized carbons (Fsp3) is 0.261. The molecule has 0 aliphatic carbocycles. The number of rotatable bonds is 4. The van der Waals surface area contributed by atoms with E-state index >= 15 is 0 Å². The standard InChI is InChI=1S/C23H23N5O2/c1-17-5-2-3-6-18(17)16-28-19-7-14-30-21(19)15-20(28)22(29)26-10-12-27(13-11-26)23-24-8-4-9-25-23/h2-9,14-15H,10-13,16H2,1H3. The van der Waals surface area contributed by atoms with Gasteiger partial charge in [-0.15, -0.1) is 0 Å². The van der Waals surface area contributed by atoms with Crippen molar-refractivity contribution in [2.24, 2.45) is 0 Å². The van der Waals surface area contributed by atoms with Gasteiger partial charge in [-0.25, -0.2) is 9.97 Å². The second kappa shape index (κ2) is 7.67. The monoisotopic (exact) mass is 401 g/mol. The van der Waals surface area contributed by atoms with Crippen LogP contribution in [0.25, 0.3) is 11.1 Å². The summed E-state index contributed by atoms with van der Waals surface area (Å²) in [5.41, 5.74) is 4.74. The number of nitrogens with zero attached hydrogens (tertiary/aromatic N) is 5. The maximum atomic E-state index is 13.4. The summed E-state index contributed by atoms with van der Waals surface area (Å²) in [5, 5.41) is 0. The van der Waals surface area contributed by atoms with E-state index in [2.05, 4.69) is 38.5 Å². The van der Waals surface area contributed by atoms with Gasteiger partial charge in [0.05, 0.1) is 11.8 Å². The number of piperazine rings is 1. The summed E-state index contributed by atoms with van der Waals surface area (Å²) in [4.78, 5) is 26.1. The van der Waals surface area contributed by atoms with E-state index in [1.807, 2.05) is 35.2 Å². The average Bonchev–Trinajstić information content (AvgIpc) is 3.38. The lowest BCUT2D eigenvalue weighted by Gasteiger charge is -2.34. The second-order valence-electron chi connectivity index (χ2n) is 7.54. The highest BCUT2D eigenvalue weighted by atomic mass is 16.3. The molecule has 7 heteroatoms. The van der Waals surface area contributed by atoms with Crippen LogP contribution >= 0.6 is 0 Å². The summed E-state index contributed by atoms with van der Waals surface area (Å²) in [5.74, 6) is 0.744. The first-order chi connectivity index (χ1) is 14.7. The summed E-state index contributed by atoms with van der Waals surface area (Å²) in [6.07, 6.45) is 5.16. The third-order valence-corrected chi connectivity index (χ3v) is 5.73. The molecule has 0 unspecified atom stereocenters. The summed E-state index contributed by atoms with van der Waals surface area (Å²) >= 11 is 0. The lowest BCUT2D eigenvalue weighted by molar-refractivity contribution is 0.0736. The van der Waals surface area contributed by atoms with Gasteiger partial charge in [0, 0.05) is 57.3 Å². The Labute approximate surface area is 174 Å². The van der Waals surface area contributed by atoms with E-state index in [0.29, 0.717) is 44.4 Å². The molecular weight excluding hydrogens is 378 g/mol. The topological polar surface area (TPSA) is 67.4 Å². The molecule has 1 aromatic carbocycles. The van der Waals surface area contributed by atoms with Gasteiger partial charge >= 0.3 is 0 Å². The molecule has 152 valence electrons. The maximum absolute atomic E-state index is 13.4. The van der Waals surface area contributed by atoms with E-state index in [1.54, 1.807) is 18.7 Å². The van der Waals surface area contributed by atoms with Crippen molar-refractivity contribution in [2.75, 3.05) is 31.1 Å². The third kappa shape index (κ3) is 3.32. The van der Waals surface area contributed by atoms with Crippen LogP contribution in [-0.2, 0) is 6.54 Å². The molecule has 1 fully saturated rings. The first-order valence-electron chi connectivity index (χ1n) is 10.1. The number of fused-ring (bicyclic) bond motifs is 1. The van der Waals surface area contributed by atoms with E-state index in [1.165, 1.54) is 11.1 Å². The zero-order valence-electron chi connectivity index (χ0n) is 16.9. The minimum atomic E-state index is 0.0311. The number of hydrogen-bond acceptors (Lipinski definition) is 5. The van der Waals surface area contributed by atoms with Crippen molar-refractivity contribution in [3.8, 4) is 0 Å². The van der Waals surface area contributed by atoms with Crippen LogP contribution in [0.15, 0.2) is 65.5 Å². The number of furan rings is 1. The molecule has 30 heavy (non-hydrogen) atoms. The summed E-state index contributed by atoms with van der Waals surface area (Å²) in [6.45, 7) is 5.42. The first-order valence-corrected chi connectivity index (χ1v) is 10.1. The molecular formula is C23H23N5O2. The van der Waals surface area contributed by atoms with E-state index in [9.17, 15) is 4.79 Å². The number of anilines is 1. The van der Waals surface area contributed by atoms with E-state index in [4.69, 9.17) is 4.42 Å². The fourth-order valence-electron chi connectivity index (χ4n) is 4.01. The average molecular weight is 401 g/mol. The number of benzene rings is 1. The zero-order valence-corrected chi connectivity index (χ0v) is 16.9. The van der Waals surface area contributed by atoms with Crippen molar-refractivity contribution < 1.29 is 9.21 Å². The molecule has 5 rings (SSSR count). The van der Waals surface area contributed by atoms with Crippen molar-refractivity contribution in [3.63, 3.8) is 0 Å². The van der Waals surface area contributed by atoms with Gasteiger partial charge < -0.3 is 18.8 Å². The zero-order chi connectivity index (χ0) is 20.5. The molecule has 0 saturated carbocycles. The number of amides is 1. The molecule has 0 N–H and O–H groups in total. The minimum absolute atomic E-state index is 0.0311. The fourth-order valence-corrected chi connectivity index (χ4v) is 4.01. The highest BCUT2D eigenvalue weighted by molar-refractivity contribution is 5.97. The van der Waals surface area contributed by atoms with Gasteiger partial charge in [0.1, 0.15) is 5.69 Å². The summed E-state index contributed by atoms with van der Waals surface area (Å²) < 4.78 is 7.67. The molecule has 0 atom stereocenters. The van der Waals surface area contributed by atoms with Crippen molar-refractivity contribution in [1.82, 2.24) is 19.4 Å². The van der Waals surface area contributed by atoms with Gasteiger partial charge in [-0.2, -0.15) is 0 Å². The number of aromatic nitrogens is 3. The maximum Gasteiger partial charge on any atom is 0.270 e. The van der Waals surface area contributed by atoms with E-state index < -0.39 is 0 Å². The molecule has 0 bridgehead atoms.